The second kappa shape index (κ2) is 7.17. The molecule has 2 rings (SSSR count). The van der Waals surface area contributed by atoms with Crippen molar-refractivity contribution >= 4 is 28.9 Å². The van der Waals surface area contributed by atoms with Crippen LogP contribution in [0.1, 0.15) is 24.1 Å². The summed E-state index contributed by atoms with van der Waals surface area (Å²) in [6.07, 6.45) is 0. The number of nitrogens with one attached hydrogen (secondary N) is 1. The lowest BCUT2D eigenvalue weighted by Crippen LogP contribution is -2.24. The van der Waals surface area contributed by atoms with Crippen molar-refractivity contribution in [2.45, 2.75) is 19.5 Å². The molecule has 0 aliphatic heterocycles. The Hall–Kier alpha value is -1.22. The zero-order valence-corrected chi connectivity index (χ0v) is 14.0. The minimum absolute atomic E-state index is 0.160. The molecule has 112 valence electrons. The molecule has 0 aliphatic carbocycles. The van der Waals surface area contributed by atoms with E-state index in [1.807, 2.05) is 37.4 Å². The van der Waals surface area contributed by atoms with E-state index in [0.717, 1.165) is 27.8 Å². The molecule has 0 radical (unpaired) electrons. The van der Waals surface area contributed by atoms with Gasteiger partial charge in [-0.05, 0) is 43.3 Å². The Kier molecular flexibility index (Phi) is 5.51. The minimum atomic E-state index is 0.160. The van der Waals surface area contributed by atoms with Gasteiger partial charge in [-0.25, -0.2) is 0 Å². The maximum Gasteiger partial charge on any atom is 0.0525 e. The summed E-state index contributed by atoms with van der Waals surface area (Å²) in [6, 6.07) is 14.1. The van der Waals surface area contributed by atoms with E-state index in [0.29, 0.717) is 0 Å². The van der Waals surface area contributed by atoms with Crippen LogP contribution in [0, 0.1) is 0 Å². The highest BCUT2D eigenvalue weighted by atomic mass is 35.5. The summed E-state index contributed by atoms with van der Waals surface area (Å²) in [4.78, 5) is 2.21. The third-order valence-electron chi connectivity index (χ3n) is 3.73. The Morgan fingerprint density at radius 2 is 1.86 bits per heavy atom. The number of benzene rings is 2. The van der Waals surface area contributed by atoms with Gasteiger partial charge in [-0.15, -0.1) is 0 Å². The summed E-state index contributed by atoms with van der Waals surface area (Å²) in [7, 11) is 4.01. The SMILES string of the molecule is CNCc1ccc(Cl)cc1N(C)C(C)c1ccccc1Cl. The Balaban J connectivity index is 2.37. The normalized spacial score (nSPS) is 12.2. The van der Waals surface area contributed by atoms with Crippen LogP contribution in [0.3, 0.4) is 0 Å². The first-order chi connectivity index (χ1) is 10.0. The van der Waals surface area contributed by atoms with Crippen LogP contribution in [0.25, 0.3) is 0 Å². The molecule has 0 amide bonds. The van der Waals surface area contributed by atoms with Crippen LogP contribution in [-0.4, -0.2) is 14.1 Å². The molecule has 0 spiro atoms. The van der Waals surface area contributed by atoms with E-state index in [1.54, 1.807) is 0 Å². The van der Waals surface area contributed by atoms with E-state index in [1.165, 1.54) is 5.56 Å². The summed E-state index contributed by atoms with van der Waals surface area (Å²) in [5.74, 6) is 0. The fraction of sp³-hybridized carbons (Fsp3) is 0.294. The van der Waals surface area contributed by atoms with Gasteiger partial charge < -0.3 is 10.2 Å². The lowest BCUT2D eigenvalue weighted by Gasteiger charge is -2.30. The smallest absolute Gasteiger partial charge is 0.0525 e. The number of anilines is 1. The van der Waals surface area contributed by atoms with Crippen LogP contribution in [0.5, 0.6) is 0 Å². The van der Waals surface area contributed by atoms with Crippen molar-refractivity contribution in [3.8, 4) is 0 Å². The third-order valence-corrected chi connectivity index (χ3v) is 4.31. The quantitative estimate of drug-likeness (QED) is 0.841. The summed E-state index contributed by atoms with van der Waals surface area (Å²) in [5, 5.41) is 4.72. The van der Waals surface area contributed by atoms with Crippen LogP contribution < -0.4 is 10.2 Å². The van der Waals surface area contributed by atoms with Crippen molar-refractivity contribution in [2.24, 2.45) is 0 Å². The molecule has 2 aromatic carbocycles. The molecule has 2 nitrogen and oxygen atoms in total. The van der Waals surface area contributed by atoms with Crippen LogP contribution in [0.4, 0.5) is 5.69 Å². The van der Waals surface area contributed by atoms with E-state index in [4.69, 9.17) is 23.2 Å². The van der Waals surface area contributed by atoms with Crippen molar-refractivity contribution in [3.63, 3.8) is 0 Å². The first-order valence-corrected chi connectivity index (χ1v) is 7.70. The first kappa shape index (κ1) is 16.2. The lowest BCUT2D eigenvalue weighted by molar-refractivity contribution is 0.727. The average Bonchev–Trinajstić information content (AvgIpc) is 2.48. The van der Waals surface area contributed by atoms with Gasteiger partial charge in [0.1, 0.15) is 0 Å². The Bertz CT molecular complexity index is 613. The molecule has 0 saturated carbocycles. The first-order valence-electron chi connectivity index (χ1n) is 6.95. The Morgan fingerprint density at radius 3 is 2.52 bits per heavy atom. The maximum atomic E-state index is 6.32. The van der Waals surface area contributed by atoms with Crippen LogP contribution >= 0.6 is 23.2 Å². The Morgan fingerprint density at radius 1 is 1.14 bits per heavy atom. The van der Waals surface area contributed by atoms with Gasteiger partial charge in [0.25, 0.3) is 0 Å². The monoisotopic (exact) mass is 322 g/mol. The summed E-state index contributed by atoms with van der Waals surface area (Å²) >= 11 is 12.5. The van der Waals surface area contributed by atoms with Gasteiger partial charge in [-0.2, -0.15) is 0 Å². The predicted molar refractivity (Wildman–Crippen MR) is 92.5 cm³/mol. The van der Waals surface area contributed by atoms with E-state index in [2.05, 4.69) is 36.3 Å². The zero-order valence-electron chi connectivity index (χ0n) is 12.5. The number of halogens is 2. The van der Waals surface area contributed by atoms with E-state index >= 15 is 0 Å². The number of hydrogen-bond acceptors (Lipinski definition) is 2. The molecular formula is C17H20Cl2N2. The molecule has 0 aromatic heterocycles. The van der Waals surface area contributed by atoms with Gasteiger partial charge in [0, 0.05) is 29.3 Å². The molecule has 0 aliphatic rings. The molecule has 2 aromatic rings. The largest absolute Gasteiger partial charge is 0.367 e. The van der Waals surface area contributed by atoms with Crippen molar-refractivity contribution in [1.82, 2.24) is 5.32 Å². The molecule has 0 fully saturated rings. The van der Waals surface area contributed by atoms with Gasteiger partial charge in [-0.3, -0.25) is 0 Å². The van der Waals surface area contributed by atoms with Crippen LogP contribution in [0.2, 0.25) is 10.0 Å². The fourth-order valence-corrected chi connectivity index (χ4v) is 2.90. The summed E-state index contributed by atoms with van der Waals surface area (Å²) < 4.78 is 0. The van der Waals surface area contributed by atoms with Crippen molar-refractivity contribution in [1.29, 1.82) is 0 Å². The van der Waals surface area contributed by atoms with Crippen molar-refractivity contribution < 1.29 is 0 Å². The summed E-state index contributed by atoms with van der Waals surface area (Å²) in [6.45, 7) is 2.94. The molecular weight excluding hydrogens is 303 g/mol. The van der Waals surface area contributed by atoms with Gasteiger partial charge in [0.05, 0.1) is 6.04 Å². The molecule has 0 saturated heterocycles. The van der Waals surface area contributed by atoms with Gasteiger partial charge in [-0.1, -0.05) is 47.5 Å². The topological polar surface area (TPSA) is 15.3 Å². The average molecular weight is 323 g/mol. The highest BCUT2D eigenvalue weighted by Crippen LogP contribution is 2.33. The van der Waals surface area contributed by atoms with Crippen LogP contribution in [-0.2, 0) is 6.54 Å². The highest BCUT2D eigenvalue weighted by Gasteiger charge is 2.17. The second-order valence-corrected chi connectivity index (χ2v) is 5.96. The maximum absolute atomic E-state index is 6.32. The molecule has 0 bridgehead atoms. The minimum Gasteiger partial charge on any atom is -0.367 e. The highest BCUT2D eigenvalue weighted by molar-refractivity contribution is 6.31. The molecule has 0 heterocycles. The van der Waals surface area contributed by atoms with Gasteiger partial charge in [0.15, 0.2) is 0 Å². The number of hydrogen-bond donors (Lipinski definition) is 1. The Labute approximate surface area is 136 Å². The standard InChI is InChI=1S/C17H20Cl2N2/c1-12(15-6-4-5-7-16(15)19)21(3)17-10-14(18)9-8-13(17)11-20-2/h4-10,12,20H,11H2,1-3H3. The molecule has 4 heteroatoms. The molecule has 1 atom stereocenters. The van der Waals surface area contributed by atoms with Crippen molar-refractivity contribution in [2.75, 3.05) is 19.0 Å². The van der Waals surface area contributed by atoms with E-state index in [9.17, 15) is 0 Å². The van der Waals surface area contributed by atoms with E-state index in [-0.39, 0.29) is 6.04 Å². The van der Waals surface area contributed by atoms with Gasteiger partial charge >= 0.3 is 0 Å². The number of rotatable bonds is 5. The second-order valence-electron chi connectivity index (χ2n) is 5.11. The van der Waals surface area contributed by atoms with Crippen molar-refractivity contribution in [3.05, 3.63) is 63.6 Å². The third kappa shape index (κ3) is 3.70. The lowest BCUT2D eigenvalue weighted by atomic mass is 10.0. The van der Waals surface area contributed by atoms with E-state index < -0.39 is 0 Å². The fourth-order valence-electron chi connectivity index (χ4n) is 2.44. The molecule has 1 N–H and O–H groups in total. The van der Waals surface area contributed by atoms with Crippen LogP contribution in [0.15, 0.2) is 42.5 Å². The zero-order chi connectivity index (χ0) is 15.4. The molecule has 1 unspecified atom stereocenters. The van der Waals surface area contributed by atoms with Gasteiger partial charge in [0.2, 0.25) is 0 Å². The summed E-state index contributed by atoms with van der Waals surface area (Å²) in [5.41, 5.74) is 3.43. The number of nitrogens with zero attached hydrogens (tertiary/aromatic N) is 1. The molecule has 21 heavy (non-hydrogen) atoms. The predicted octanol–water partition coefficient (Wildman–Crippen LogP) is 4.91.